The van der Waals surface area contributed by atoms with Gasteiger partial charge in [0.25, 0.3) is 0 Å². The monoisotopic (exact) mass is 220 g/mol. The molecule has 0 bridgehead atoms. The summed E-state index contributed by atoms with van der Waals surface area (Å²) in [6.07, 6.45) is 0.494. The molecule has 86 valence electrons. The number of carbonyl (C=O) groups excluding carboxylic acids is 1. The van der Waals surface area contributed by atoms with Crippen molar-refractivity contribution in [2.24, 2.45) is 0 Å². The molecule has 0 spiro atoms. The number of amides is 1. The molecule has 1 heterocycles. The van der Waals surface area contributed by atoms with E-state index in [0.29, 0.717) is 12.5 Å². The van der Waals surface area contributed by atoms with Crippen LogP contribution in [0, 0.1) is 0 Å². The zero-order valence-electron chi connectivity index (χ0n) is 9.32. The Morgan fingerprint density at radius 1 is 1.44 bits per heavy atom. The molecule has 0 unspecified atom stereocenters. The van der Waals surface area contributed by atoms with Crippen molar-refractivity contribution in [2.45, 2.75) is 19.4 Å². The van der Waals surface area contributed by atoms with Gasteiger partial charge in [-0.3, -0.25) is 4.79 Å². The van der Waals surface area contributed by atoms with Crippen LogP contribution < -0.4 is 10.6 Å². The highest BCUT2D eigenvalue weighted by Gasteiger charge is 2.17. The zero-order valence-corrected chi connectivity index (χ0v) is 9.32. The standard InChI is InChI=1S/C12H16N2O2/c1-2-12(15)14-10-5-3-4-9(6-10)13-11-7-16-8-11/h3-6,11,13H,2,7-8H2,1H3,(H,14,15). The number of benzene rings is 1. The number of hydrogen-bond donors (Lipinski definition) is 2. The van der Waals surface area contributed by atoms with E-state index in [1.807, 2.05) is 31.2 Å². The van der Waals surface area contributed by atoms with Gasteiger partial charge in [-0.2, -0.15) is 0 Å². The first kappa shape index (κ1) is 11.0. The van der Waals surface area contributed by atoms with Crippen LogP contribution in [0.3, 0.4) is 0 Å². The molecule has 1 amide bonds. The van der Waals surface area contributed by atoms with Crippen molar-refractivity contribution >= 4 is 17.3 Å². The molecule has 1 aromatic carbocycles. The average molecular weight is 220 g/mol. The van der Waals surface area contributed by atoms with E-state index in [-0.39, 0.29) is 5.91 Å². The van der Waals surface area contributed by atoms with E-state index >= 15 is 0 Å². The highest BCUT2D eigenvalue weighted by atomic mass is 16.5. The fraction of sp³-hybridized carbons (Fsp3) is 0.417. The minimum Gasteiger partial charge on any atom is -0.378 e. The van der Waals surface area contributed by atoms with Crippen LogP contribution in [0.2, 0.25) is 0 Å². The zero-order chi connectivity index (χ0) is 11.4. The number of carbonyl (C=O) groups is 1. The van der Waals surface area contributed by atoms with Crippen molar-refractivity contribution in [1.29, 1.82) is 0 Å². The second kappa shape index (κ2) is 4.99. The van der Waals surface area contributed by atoms with Gasteiger partial charge in [0.1, 0.15) is 0 Å². The molecule has 1 fully saturated rings. The van der Waals surface area contributed by atoms with Crippen LogP contribution in [0.4, 0.5) is 11.4 Å². The first-order valence-corrected chi connectivity index (χ1v) is 5.52. The van der Waals surface area contributed by atoms with E-state index in [0.717, 1.165) is 24.6 Å². The first-order valence-electron chi connectivity index (χ1n) is 5.52. The Labute approximate surface area is 95.0 Å². The van der Waals surface area contributed by atoms with Gasteiger partial charge in [-0.1, -0.05) is 13.0 Å². The van der Waals surface area contributed by atoms with E-state index in [4.69, 9.17) is 4.74 Å². The average Bonchev–Trinajstić information content (AvgIpc) is 2.24. The summed E-state index contributed by atoms with van der Waals surface area (Å²) < 4.78 is 5.09. The molecule has 1 aliphatic heterocycles. The molecule has 1 aromatic rings. The van der Waals surface area contributed by atoms with E-state index in [2.05, 4.69) is 10.6 Å². The topological polar surface area (TPSA) is 50.4 Å². The molecule has 0 radical (unpaired) electrons. The molecule has 4 nitrogen and oxygen atoms in total. The third-order valence-electron chi connectivity index (χ3n) is 2.48. The molecule has 1 aliphatic rings. The highest BCUT2D eigenvalue weighted by molar-refractivity contribution is 5.90. The van der Waals surface area contributed by atoms with E-state index in [1.165, 1.54) is 0 Å². The third kappa shape index (κ3) is 2.73. The first-order chi connectivity index (χ1) is 7.78. The van der Waals surface area contributed by atoms with Crippen molar-refractivity contribution < 1.29 is 9.53 Å². The largest absolute Gasteiger partial charge is 0.378 e. The van der Waals surface area contributed by atoms with Crippen molar-refractivity contribution in [3.05, 3.63) is 24.3 Å². The van der Waals surface area contributed by atoms with Crippen LogP contribution in [0.15, 0.2) is 24.3 Å². The van der Waals surface area contributed by atoms with Gasteiger partial charge in [0, 0.05) is 17.8 Å². The molecular formula is C12H16N2O2. The van der Waals surface area contributed by atoms with Gasteiger partial charge in [-0.25, -0.2) is 0 Å². The van der Waals surface area contributed by atoms with Crippen LogP contribution in [0.1, 0.15) is 13.3 Å². The van der Waals surface area contributed by atoms with Crippen molar-refractivity contribution in [1.82, 2.24) is 0 Å². The molecule has 0 aromatic heterocycles. The smallest absolute Gasteiger partial charge is 0.224 e. The van der Waals surface area contributed by atoms with E-state index < -0.39 is 0 Å². The third-order valence-corrected chi connectivity index (χ3v) is 2.48. The number of rotatable bonds is 4. The lowest BCUT2D eigenvalue weighted by Gasteiger charge is -2.28. The fourth-order valence-electron chi connectivity index (χ4n) is 1.49. The summed E-state index contributed by atoms with van der Waals surface area (Å²) in [4.78, 5) is 11.2. The number of nitrogens with one attached hydrogen (secondary N) is 2. The normalized spacial score (nSPS) is 15.3. The Bertz CT molecular complexity index is 375. The van der Waals surface area contributed by atoms with Gasteiger partial charge in [-0.05, 0) is 18.2 Å². The molecule has 1 saturated heterocycles. The number of anilines is 2. The number of ether oxygens (including phenoxy) is 1. The molecular weight excluding hydrogens is 204 g/mol. The van der Waals surface area contributed by atoms with E-state index in [1.54, 1.807) is 0 Å². The van der Waals surface area contributed by atoms with Gasteiger partial charge >= 0.3 is 0 Å². The predicted molar refractivity (Wildman–Crippen MR) is 63.6 cm³/mol. The Morgan fingerprint density at radius 2 is 2.19 bits per heavy atom. The maximum absolute atomic E-state index is 11.2. The summed E-state index contributed by atoms with van der Waals surface area (Å²) in [5.41, 5.74) is 1.85. The lowest BCUT2D eigenvalue weighted by molar-refractivity contribution is -0.115. The maximum atomic E-state index is 11.2. The molecule has 16 heavy (non-hydrogen) atoms. The molecule has 2 rings (SSSR count). The van der Waals surface area contributed by atoms with Gasteiger partial charge in [0.15, 0.2) is 0 Å². The summed E-state index contributed by atoms with van der Waals surface area (Å²) in [5.74, 6) is 0.0316. The lowest BCUT2D eigenvalue weighted by Crippen LogP contribution is -2.40. The van der Waals surface area contributed by atoms with Crippen molar-refractivity contribution in [2.75, 3.05) is 23.8 Å². The van der Waals surface area contributed by atoms with Gasteiger partial charge < -0.3 is 15.4 Å². The summed E-state index contributed by atoms with van der Waals surface area (Å²) in [6, 6.07) is 8.13. The maximum Gasteiger partial charge on any atom is 0.224 e. The summed E-state index contributed by atoms with van der Waals surface area (Å²) in [5, 5.41) is 6.16. The molecule has 2 N–H and O–H groups in total. The lowest BCUT2D eigenvalue weighted by atomic mass is 10.2. The highest BCUT2D eigenvalue weighted by Crippen LogP contribution is 2.17. The van der Waals surface area contributed by atoms with E-state index in [9.17, 15) is 4.79 Å². The SMILES string of the molecule is CCC(=O)Nc1cccc(NC2COC2)c1. The Kier molecular flexibility index (Phi) is 3.41. The van der Waals surface area contributed by atoms with Crippen LogP contribution in [-0.4, -0.2) is 25.2 Å². The molecule has 0 saturated carbocycles. The van der Waals surface area contributed by atoms with Crippen LogP contribution in [0.5, 0.6) is 0 Å². The van der Waals surface area contributed by atoms with Crippen LogP contribution >= 0.6 is 0 Å². The quantitative estimate of drug-likeness (QED) is 0.814. The van der Waals surface area contributed by atoms with Crippen molar-refractivity contribution in [3.63, 3.8) is 0 Å². The van der Waals surface area contributed by atoms with Gasteiger partial charge in [0.2, 0.25) is 5.91 Å². The number of hydrogen-bond acceptors (Lipinski definition) is 3. The predicted octanol–water partition coefficient (Wildman–Crippen LogP) is 1.85. The minimum absolute atomic E-state index is 0.0316. The molecule has 0 aliphatic carbocycles. The second-order valence-electron chi connectivity index (χ2n) is 3.86. The minimum atomic E-state index is 0.0316. The van der Waals surface area contributed by atoms with Gasteiger partial charge in [-0.15, -0.1) is 0 Å². The fourth-order valence-corrected chi connectivity index (χ4v) is 1.49. The van der Waals surface area contributed by atoms with Crippen LogP contribution in [-0.2, 0) is 9.53 Å². The summed E-state index contributed by atoms with van der Waals surface area (Å²) >= 11 is 0. The van der Waals surface area contributed by atoms with Gasteiger partial charge in [0.05, 0.1) is 19.3 Å². The van der Waals surface area contributed by atoms with Crippen molar-refractivity contribution in [3.8, 4) is 0 Å². The Hall–Kier alpha value is -1.55. The summed E-state index contributed by atoms with van der Waals surface area (Å²) in [6.45, 7) is 3.35. The molecule has 4 heteroatoms. The Balaban J connectivity index is 1.97. The molecule has 0 atom stereocenters. The second-order valence-corrected chi connectivity index (χ2v) is 3.86. The Morgan fingerprint density at radius 3 is 2.81 bits per heavy atom. The van der Waals surface area contributed by atoms with Crippen LogP contribution in [0.25, 0.3) is 0 Å². The summed E-state index contributed by atoms with van der Waals surface area (Å²) in [7, 11) is 0.